The number of primary amides is 1. The first-order valence-corrected chi connectivity index (χ1v) is 4.68. The topological polar surface area (TPSA) is 43.1 Å². The van der Waals surface area contributed by atoms with E-state index in [1.807, 2.05) is 0 Å². The third-order valence-electron chi connectivity index (χ3n) is 1.65. The van der Waals surface area contributed by atoms with Crippen LogP contribution in [0, 0.1) is 9.39 Å². The third-order valence-corrected chi connectivity index (χ3v) is 2.71. The van der Waals surface area contributed by atoms with Gasteiger partial charge in [0.15, 0.2) is 0 Å². The van der Waals surface area contributed by atoms with Gasteiger partial charge in [0, 0.05) is 0 Å². The Labute approximate surface area is 95.6 Å². The van der Waals surface area contributed by atoms with Crippen LogP contribution in [0.2, 0.25) is 0 Å². The highest BCUT2D eigenvalue weighted by Crippen LogP contribution is 2.33. The summed E-state index contributed by atoms with van der Waals surface area (Å²) in [5, 5.41) is 0. The zero-order valence-corrected chi connectivity index (χ0v) is 9.19. The van der Waals surface area contributed by atoms with E-state index in [-0.39, 0.29) is 5.56 Å². The van der Waals surface area contributed by atoms with Crippen LogP contribution in [0.1, 0.15) is 15.9 Å². The van der Waals surface area contributed by atoms with Crippen LogP contribution in [0.5, 0.6) is 0 Å². The van der Waals surface area contributed by atoms with E-state index in [9.17, 15) is 22.4 Å². The van der Waals surface area contributed by atoms with E-state index < -0.39 is 27.0 Å². The Morgan fingerprint density at radius 1 is 1.33 bits per heavy atom. The maximum Gasteiger partial charge on any atom is 0.419 e. The smallest absolute Gasteiger partial charge is 0.366 e. The van der Waals surface area contributed by atoms with Gasteiger partial charge in [-0.05, 0) is 34.7 Å². The maximum absolute atomic E-state index is 13.2. The molecule has 2 nitrogen and oxygen atoms in total. The van der Waals surface area contributed by atoms with E-state index >= 15 is 0 Å². The molecule has 0 saturated carbocycles. The SMILES string of the molecule is NC(=O)c1ccc(C(F)(F)F)c(F)c1I. The summed E-state index contributed by atoms with van der Waals surface area (Å²) in [4.78, 5) is 10.7. The normalized spacial score (nSPS) is 11.5. The van der Waals surface area contributed by atoms with E-state index in [0.717, 1.165) is 6.07 Å². The predicted octanol–water partition coefficient (Wildman–Crippen LogP) is 2.55. The highest BCUT2D eigenvalue weighted by Gasteiger charge is 2.35. The number of amides is 1. The minimum Gasteiger partial charge on any atom is -0.366 e. The highest BCUT2D eigenvalue weighted by molar-refractivity contribution is 14.1. The lowest BCUT2D eigenvalue weighted by atomic mass is 10.1. The molecule has 1 rings (SSSR count). The van der Waals surface area contributed by atoms with Crippen LogP contribution in [-0.2, 0) is 6.18 Å². The van der Waals surface area contributed by atoms with E-state index in [1.165, 1.54) is 22.6 Å². The van der Waals surface area contributed by atoms with Crippen LogP contribution in [0.4, 0.5) is 17.6 Å². The third kappa shape index (κ3) is 2.39. The summed E-state index contributed by atoms with van der Waals surface area (Å²) in [7, 11) is 0. The number of rotatable bonds is 1. The van der Waals surface area contributed by atoms with Crippen molar-refractivity contribution in [3.8, 4) is 0 Å². The van der Waals surface area contributed by atoms with Gasteiger partial charge >= 0.3 is 6.18 Å². The molecule has 2 N–H and O–H groups in total. The maximum atomic E-state index is 13.2. The van der Waals surface area contributed by atoms with E-state index in [4.69, 9.17) is 5.73 Å². The Kier molecular flexibility index (Phi) is 3.22. The summed E-state index contributed by atoms with van der Waals surface area (Å²) >= 11 is 1.31. The van der Waals surface area contributed by atoms with Crippen molar-refractivity contribution in [2.75, 3.05) is 0 Å². The van der Waals surface area contributed by atoms with Crippen molar-refractivity contribution in [2.24, 2.45) is 5.73 Å². The van der Waals surface area contributed by atoms with Crippen LogP contribution in [0.15, 0.2) is 12.1 Å². The molecule has 0 heterocycles. The molecule has 0 fully saturated rings. The Bertz CT molecular complexity index is 416. The molecule has 1 amide bonds. The minimum atomic E-state index is -4.78. The quantitative estimate of drug-likeness (QED) is 0.623. The summed E-state index contributed by atoms with van der Waals surface area (Å²) in [6.45, 7) is 0. The van der Waals surface area contributed by atoms with Gasteiger partial charge in [-0.15, -0.1) is 0 Å². The number of alkyl halides is 3. The van der Waals surface area contributed by atoms with Crippen molar-refractivity contribution in [1.82, 2.24) is 0 Å². The second-order valence-electron chi connectivity index (χ2n) is 2.65. The predicted molar refractivity (Wildman–Crippen MR) is 52.6 cm³/mol. The zero-order chi connectivity index (χ0) is 11.8. The molecular weight excluding hydrogens is 329 g/mol. The molecule has 0 aromatic heterocycles. The second-order valence-corrected chi connectivity index (χ2v) is 3.73. The molecule has 0 unspecified atom stereocenters. The molecule has 1 aromatic carbocycles. The fraction of sp³-hybridized carbons (Fsp3) is 0.125. The Morgan fingerprint density at radius 2 is 1.87 bits per heavy atom. The average Bonchev–Trinajstić information content (AvgIpc) is 2.06. The number of carbonyl (C=O) groups excluding carboxylic acids is 1. The Hall–Kier alpha value is -0.860. The van der Waals surface area contributed by atoms with Crippen molar-refractivity contribution in [2.45, 2.75) is 6.18 Å². The molecule has 7 heteroatoms. The average molecular weight is 333 g/mol. The standard InChI is InChI=1S/C8H4F4INO/c9-5-4(8(10,11)12)2-1-3(6(5)13)7(14)15/h1-2H,(H2,14,15). The van der Waals surface area contributed by atoms with Gasteiger partial charge in [-0.2, -0.15) is 13.2 Å². The number of halogens is 5. The zero-order valence-electron chi connectivity index (χ0n) is 7.03. The number of hydrogen-bond acceptors (Lipinski definition) is 1. The molecule has 82 valence electrons. The summed E-state index contributed by atoms with van der Waals surface area (Å²) in [6, 6.07) is 1.35. The molecule has 0 aliphatic heterocycles. The first-order valence-electron chi connectivity index (χ1n) is 3.60. The van der Waals surface area contributed by atoms with Crippen LogP contribution in [0.25, 0.3) is 0 Å². The summed E-state index contributed by atoms with van der Waals surface area (Å²) in [6.07, 6.45) is -4.78. The summed E-state index contributed by atoms with van der Waals surface area (Å²) in [5.74, 6) is -2.44. The minimum absolute atomic E-state index is 0.263. The van der Waals surface area contributed by atoms with Crippen molar-refractivity contribution in [3.63, 3.8) is 0 Å². The molecule has 0 bridgehead atoms. The fourth-order valence-electron chi connectivity index (χ4n) is 0.959. The number of benzene rings is 1. The molecular formula is C8H4F4INO. The monoisotopic (exact) mass is 333 g/mol. The molecule has 1 aromatic rings. The first-order chi connectivity index (χ1) is 6.75. The molecule has 0 aliphatic carbocycles. The van der Waals surface area contributed by atoms with Crippen LogP contribution >= 0.6 is 22.6 Å². The van der Waals surface area contributed by atoms with E-state index in [2.05, 4.69) is 0 Å². The largest absolute Gasteiger partial charge is 0.419 e. The molecule has 0 atom stereocenters. The van der Waals surface area contributed by atoms with Gasteiger partial charge in [0.1, 0.15) is 5.82 Å². The van der Waals surface area contributed by atoms with Gasteiger partial charge in [0.2, 0.25) is 5.91 Å². The lowest BCUT2D eigenvalue weighted by Crippen LogP contribution is -2.16. The van der Waals surface area contributed by atoms with Crippen molar-refractivity contribution < 1.29 is 22.4 Å². The highest BCUT2D eigenvalue weighted by atomic mass is 127. The van der Waals surface area contributed by atoms with Crippen molar-refractivity contribution >= 4 is 28.5 Å². The van der Waals surface area contributed by atoms with Crippen LogP contribution in [0.3, 0.4) is 0 Å². The van der Waals surface area contributed by atoms with Crippen LogP contribution < -0.4 is 5.73 Å². The molecule has 0 aliphatic rings. The van der Waals surface area contributed by atoms with Gasteiger partial charge in [-0.3, -0.25) is 4.79 Å². The lowest BCUT2D eigenvalue weighted by molar-refractivity contribution is -0.140. The second kappa shape index (κ2) is 3.95. The molecule has 0 radical (unpaired) electrons. The van der Waals surface area contributed by atoms with E-state index in [1.54, 1.807) is 0 Å². The first kappa shape index (κ1) is 12.2. The van der Waals surface area contributed by atoms with Crippen molar-refractivity contribution in [3.05, 3.63) is 32.6 Å². The van der Waals surface area contributed by atoms with Gasteiger partial charge in [0.25, 0.3) is 0 Å². The van der Waals surface area contributed by atoms with Crippen molar-refractivity contribution in [1.29, 1.82) is 0 Å². The molecule has 15 heavy (non-hydrogen) atoms. The van der Waals surface area contributed by atoms with Gasteiger partial charge in [-0.25, -0.2) is 4.39 Å². The molecule has 0 spiro atoms. The van der Waals surface area contributed by atoms with Gasteiger partial charge in [0.05, 0.1) is 14.7 Å². The van der Waals surface area contributed by atoms with E-state index in [0.29, 0.717) is 6.07 Å². The Morgan fingerprint density at radius 3 is 2.27 bits per heavy atom. The lowest BCUT2D eigenvalue weighted by Gasteiger charge is -2.10. The Balaban J connectivity index is 3.41. The van der Waals surface area contributed by atoms with Crippen LogP contribution in [-0.4, -0.2) is 5.91 Å². The summed E-state index contributed by atoms with van der Waals surface area (Å²) in [5.41, 5.74) is 3.18. The number of hydrogen-bond donors (Lipinski definition) is 1. The fourth-order valence-corrected chi connectivity index (χ4v) is 1.69. The number of carbonyl (C=O) groups is 1. The molecule has 0 saturated heterocycles. The number of nitrogens with two attached hydrogens (primary N) is 1. The summed E-state index contributed by atoms with van der Waals surface area (Å²) < 4.78 is 49.4. The van der Waals surface area contributed by atoms with Gasteiger partial charge in [-0.1, -0.05) is 0 Å². The van der Waals surface area contributed by atoms with Gasteiger partial charge < -0.3 is 5.73 Å².